The largest absolute Gasteiger partial charge is 0.435 e. The van der Waals surface area contributed by atoms with Crippen LogP contribution in [0.15, 0.2) is 30.3 Å². The van der Waals surface area contributed by atoms with Gasteiger partial charge in [-0.05, 0) is 92.0 Å². The maximum Gasteiger partial charge on any atom is 0.387 e. The number of aromatic amines is 1. The lowest BCUT2D eigenvalue weighted by Crippen LogP contribution is -2.51. The number of hydrogen-bond donors (Lipinski definition) is 2. The van der Waals surface area contributed by atoms with E-state index in [1.807, 2.05) is 0 Å². The number of nitrogens with one attached hydrogen (secondary N) is 2. The Balaban J connectivity index is 1.22. The summed E-state index contributed by atoms with van der Waals surface area (Å²) in [7, 11) is 0. The average molecular weight is 401 g/mol. The number of halogens is 2. The van der Waals surface area contributed by atoms with Crippen molar-refractivity contribution < 1.29 is 18.3 Å². The van der Waals surface area contributed by atoms with Crippen molar-refractivity contribution in [2.75, 3.05) is 6.54 Å². The molecule has 7 heteroatoms. The number of benzene rings is 1. The van der Waals surface area contributed by atoms with Crippen molar-refractivity contribution in [2.24, 2.45) is 23.2 Å². The summed E-state index contributed by atoms with van der Waals surface area (Å²) in [6.07, 6.45) is 7.91. The predicted molar refractivity (Wildman–Crippen MR) is 104 cm³/mol. The molecule has 1 aromatic heterocycles. The third-order valence-electron chi connectivity index (χ3n) is 6.99. The number of carbonyl (C=O) groups excluding carboxylic acids is 1. The van der Waals surface area contributed by atoms with Crippen LogP contribution < -0.4 is 10.1 Å². The molecule has 1 heterocycles. The van der Waals surface area contributed by atoms with Crippen LogP contribution in [0.5, 0.6) is 5.75 Å². The fourth-order valence-electron chi connectivity index (χ4n) is 6.26. The SMILES string of the molecule is O=C(NCC12CC3CC(CC(C3)C1)C2)c1cc(-c2ccc(OC(F)F)cc2)n[nH]1. The van der Waals surface area contributed by atoms with E-state index in [-0.39, 0.29) is 17.1 Å². The molecular weight excluding hydrogens is 376 g/mol. The summed E-state index contributed by atoms with van der Waals surface area (Å²) in [5, 5.41) is 10.1. The Morgan fingerprint density at radius 1 is 1.14 bits per heavy atom. The van der Waals surface area contributed by atoms with Crippen molar-refractivity contribution >= 4 is 5.91 Å². The first-order chi connectivity index (χ1) is 14.0. The molecule has 4 saturated carbocycles. The van der Waals surface area contributed by atoms with Gasteiger partial charge in [-0.15, -0.1) is 0 Å². The second kappa shape index (κ2) is 7.11. The number of carbonyl (C=O) groups is 1. The van der Waals surface area contributed by atoms with Gasteiger partial charge in [0.15, 0.2) is 0 Å². The maximum atomic E-state index is 12.7. The van der Waals surface area contributed by atoms with E-state index in [4.69, 9.17) is 0 Å². The minimum atomic E-state index is -2.85. The number of nitrogens with zero attached hydrogens (tertiary/aromatic N) is 1. The van der Waals surface area contributed by atoms with E-state index in [9.17, 15) is 13.6 Å². The first kappa shape index (κ1) is 18.6. The zero-order valence-corrected chi connectivity index (χ0v) is 16.2. The van der Waals surface area contributed by atoms with E-state index in [1.54, 1.807) is 18.2 Å². The summed E-state index contributed by atoms with van der Waals surface area (Å²) in [6.45, 7) is -2.11. The number of amides is 1. The predicted octanol–water partition coefficient (Wildman–Crippen LogP) is 4.62. The Morgan fingerprint density at radius 3 is 2.34 bits per heavy atom. The number of H-pyrrole nitrogens is 1. The van der Waals surface area contributed by atoms with Crippen LogP contribution >= 0.6 is 0 Å². The molecule has 1 aromatic carbocycles. The standard InChI is InChI=1S/C22H25F2N3O2/c23-21(24)29-17-3-1-16(2-4-17)18-8-19(27-26-18)20(28)25-12-22-9-13-5-14(10-22)7-15(6-13)11-22/h1-4,8,13-15,21H,5-7,9-12H2,(H,25,28)(H,26,27). The summed E-state index contributed by atoms with van der Waals surface area (Å²) in [5.74, 6) is 2.52. The maximum absolute atomic E-state index is 12.7. The summed E-state index contributed by atoms with van der Waals surface area (Å²) in [4.78, 5) is 12.7. The fraction of sp³-hybridized carbons (Fsp3) is 0.545. The van der Waals surface area contributed by atoms with Gasteiger partial charge >= 0.3 is 6.61 Å². The first-order valence-electron chi connectivity index (χ1n) is 10.4. The van der Waals surface area contributed by atoms with Crippen molar-refractivity contribution in [3.8, 4) is 17.0 Å². The topological polar surface area (TPSA) is 67.0 Å². The first-order valence-corrected chi connectivity index (χ1v) is 10.4. The molecule has 4 aliphatic rings. The van der Waals surface area contributed by atoms with E-state index in [2.05, 4.69) is 20.3 Å². The minimum absolute atomic E-state index is 0.0906. The fourth-order valence-corrected chi connectivity index (χ4v) is 6.26. The van der Waals surface area contributed by atoms with Gasteiger partial charge in [0.1, 0.15) is 11.4 Å². The van der Waals surface area contributed by atoms with E-state index < -0.39 is 6.61 Å². The van der Waals surface area contributed by atoms with Crippen molar-refractivity contribution in [2.45, 2.75) is 45.1 Å². The molecule has 4 aliphatic carbocycles. The lowest BCUT2D eigenvalue weighted by Gasteiger charge is -2.56. The van der Waals surface area contributed by atoms with Gasteiger partial charge in [0.25, 0.3) is 5.91 Å². The number of aromatic nitrogens is 2. The monoisotopic (exact) mass is 401 g/mol. The van der Waals surface area contributed by atoms with Crippen LogP contribution in [0.3, 0.4) is 0 Å². The third kappa shape index (κ3) is 3.74. The number of alkyl halides is 2. The van der Waals surface area contributed by atoms with Crippen LogP contribution in [-0.4, -0.2) is 29.3 Å². The molecule has 2 N–H and O–H groups in total. The minimum Gasteiger partial charge on any atom is -0.435 e. The average Bonchev–Trinajstić information content (AvgIpc) is 3.15. The summed E-state index contributed by atoms with van der Waals surface area (Å²) in [5.41, 5.74) is 2.02. The molecule has 4 fully saturated rings. The van der Waals surface area contributed by atoms with Crippen LogP contribution in [0, 0.1) is 23.2 Å². The van der Waals surface area contributed by atoms with Gasteiger partial charge in [0.05, 0.1) is 5.69 Å². The third-order valence-corrected chi connectivity index (χ3v) is 6.99. The van der Waals surface area contributed by atoms with Gasteiger partial charge in [-0.2, -0.15) is 13.9 Å². The molecular formula is C22H25F2N3O2. The van der Waals surface area contributed by atoms with E-state index >= 15 is 0 Å². The molecule has 0 saturated heterocycles. The highest BCUT2D eigenvalue weighted by Crippen LogP contribution is 2.59. The van der Waals surface area contributed by atoms with Crippen LogP contribution in [-0.2, 0) is 0 Å². The summed E-state index contributed by atoms with van der Waals surface area (Å²) >= 11 is 0. The summed E-state index contributed by atoms with van der Waals surface area (Å²) < 4.78 is 28.9. The summed E-state index contributed by atoms with van der Waals surface area (Å²) in [6, 6.07) is 7.90. The quantitative estimate of drug-likeness (QED) is 0.742. The molecule has 0 spiro atoms. The number of rotatable bonds is 6. The molecule has 4 bridgehead atoms. The van der Waals surface area contributed by atoms with E-state index in [1.165, 1.54) is 50.7 Å². The Bertz CT molecular complexity index is 858. The van der Waals surface area contributed by atoms with Crippen molar-refractivity contribution in [3.05, 3.63) is 36.0 Å². The van der Waals surface area contributed by atoms with Crippen LogP contribution in [0.4, 0.5) is 8.78 Å². The molecule has 29 heavy (non-hydrogen) atoms. The zero-order chi connectivity index (χ0) is 20.0. The molecule has 0 atom stereocenters. The Morgan fingerprint density at radius 2 is 1.76 bits per heavy atom. The van der Waals surface area contributed by atoms with Gasteiger partial charge < -0.3 is 10.1 Å². The Hall–Kier alpha value is -2.44. The van der Waals surface area contributed by atoms with Gasteiger partial charge in [-0.3, -0.25) is 9.89 Å². The Kier molecular flexibility index (Phi) is 4.56. The second-order valence-corrected chi connectivity index (χ2v) is 9.17. The highest BCUT2D eigenvalue weighted by atomic mass is 19.3. The van der Waals surface area contributed by atoms with Gasteiger partial charge in [-0.1, -0.05) is 0 Å². The lowest BCUT2D eigenvalue weighted by molar-refractivity contribution is -0.0504. The van der Waals surface area contributed by atoms with E-state index in [0.29, 0.717) is 11.4 Å². The van der Waals surface area contributed by atoms with Gasteiger partial charge in [-0.25, -0.2) is 0 Å². The van der Waals surface area contributed by atoms with Gasteiger partial charge in [0.2, 0.25) is 0 Å². The highest BCUT2D eigenvalue weighted by Gasteiger charge is 2.50. The van der Waals surface area contributed by atoms with E-state index in [0.717, 1.165) is 29.9 Å². The Labute approximate surface area is 168 Å². The zero-order valence-electron chi connectivity index (χ0n) is 16.2. The number of hydrogen-bond acceptors (Lipinski definition) is 3. The van der Waals surface area contributed by atoms with Gasteiger partial charge in [0, 0.05) is 12.1 Å². The second-order valence-electron chi connectivity index (χ2n) is 9.17. The van der Waals surface area contributed by atoms with Crippen LogP contribution in [0.25, 0.3) is 11.3 Å². The molecule has 0 aliphatic heterocycles. The smallest absolute Gasteiger partial charge is 0.387 e. The van der Waals surface area contributed by atoms with Crippen LogP contribution in [0.1, 0.15) is 49.0 Å². The molecule has 154 valence electrons. The molecule has 0 unspecified atom stereocenters. The van der Waals surface area contributed by atoms with Crippen LogP contribution in [0.2, 0.25) is 0 Å². The lowest BCUT2D eigenvalue weighted by atomic mass is 9.49. The van der Waals surface area contributed by atoms with Crippen molar-refractivity contribution in [1.29, 1.82) is 0 Å². The van der Waals surface area contributed by atoms with Crippen molar-refractivity contribution in [3.63, 3.8) is 0 Å². The molecule has 0 radical (unpaired) electrons. The molecule has 6 rings (SSSR count). The molecule has 1 amide bonds. The molecule has 5 nitrogen and oxygen atoms in total. The number of ether oxygens (including phenoxy) is 1. The highest BCUT2D eigenvalue weighted by molar-refractivity contribution is 5.93. The normalized spacial score (nSPS) is 30.0. The van der Waals surface area contributed by atoms with Crippen molar-refractivity contribution in [1.82, 2.24) is 15.5 Å². The molecule has 2 aromatic rings.